The molecule has 1 aliphatic carbocycles. The molecular weight excluding hydrogens is 300 g/mol. The maximum atomic E-state index is 4.87. The minimum Gasteiger partial charge on any atom is -0.352 e. The van der Waals surface area contributed by atoms with Gasteiger partial charge < -0.3 is 9.47 Å². The van der Waals surface area contributed by atoms with E-state index in [2.05, 4.69) is 21.9 Å². The van der Waals surface area contributed by atoms with Gasteiger partial charge >= 0.3 is 0 Å². The predicted octanol–water partition coefficient (Wildman–Crippen LogP) is 2.40. The van der Waals surface area contributed by atoms with E-state index in [-0.39, 0.29) is 0 Å². The number of anilines is 1. The molecular formula is C18H20N6. The smallest absolute Gasteiger partial charge is 0.161 e. The molecule has 4 rings (SSSR count). The molecule has 0 bridgehead atoms. The molecule has 0 atom stereocenters. The van der Waals surface area contributed by atoms with Crippen molar-refractivity contribution < 1.29 is 0 Å². The van der Waals surface area contributed by atoms with Gasteiger partial charge in [0.05, 0.1) is 6.54 Å². The van der Waals surface area contributed by atoms with Gasteiger partial charge in [-0.3, -0.25) is 4.98 Å². The van der Waals surface area contributed by atoms with Gasteiger partial charge in [0.1, 0.15) is 11.6 Å². The first kappa shape index (κ1) is 14.8. The third kappa shape index (κ3) is 2.64. The molecule has 0 aliphatic heterocycles. The lowest BCUT2D eigenvalue weighted by molar-refractivity contribution is 0.751. The zero-order valence-corrected chi connectivity index (χ0v) is 14.0. The molecule has 6 nitrogen and oxygen atoms in total. The van der Waals surface area contributed by atoms with Crippen molar-refractivity contribution in [3.63, 3.8) is 0 Å². The van der Waals surface area contributed by atoms with Crippen molar-refractivity contribution in [2.75, 3.05) is 11.9 Å². The Bertz CT molecular complexity index is 855. The lowest BCUT2D eigenvalue weighted by Gasteiger charge is -2.21. The third-order valence-corrected chi connectivity index (χ3v) is 4.51. The van der Waals surface area contributed by atoms with Crippen molar-refractivity contribution in [3.8, 4) is 11.4 Å². The Morgan fingerprint density at radius 1 is 1.12 bits per heavy atom. The van der Waals surface area contributed by atoms with E-state index >= 15 is 0 Å². The van der Waals surface area contributed by atoms with Crippen LogP contribution in [0.1, 0.15) is 23.5 Å². The van der Waals surface area contributed by atoms with Crippen LogP contribution in [0.4, 0.5) is 5.82 Å². The Balaban J connectivity index is 1.74. The summed E-state index contributed by atoms with van der Waals surface area (Å²) in [6, 6.07) is 3.92. The molecule has 0 saturated carbocycles. The summed E-state index contributed by atoms with van der Waals surface area (Å²) in [5, 5.41) is 0. The van der Waals surface area contributed by atoms with Crippen LogP contribution in [0.15, 0.2) is 36.9 Å². The summed E-state index contributed by atoms with van der Waals surface area (Å²) in [6.07, 6.45) is 10.6. The highest BCUT2D eigenvalue weighted by molar-refractivity contribution is 5.60. The number of hydrogen-bond donors (Lipinski definition) is 0. The Labute approximate surface area is 141 Å². The molecule has 0 spiro atoms. The molecule has 3 aromatic rings. The van der Waals surface area contributed by atoms with Gasteiger partial charge in [-0.2, -0.15) is 0 Å². The van der Waals surface area contributed by atoms with Crippen LogP contribution in [0.5, 0.6) is 0 Å². The molecule has 3 aromatic heterocycles. The number of fused-ring (bicyclic) bond motifs is 1. The average Bonchev–Trinajstić information content (AvgIpc) is 3.24. The predicted molar refractivity (Wildman–Crippen MR) is 92.6 cm³/mol. The van der Waals surface area contributed by atoms with E-state index in [1.165, 1.54) is 11.3 Å². The summed E-state index contributed by atoms with van der Waals surface area (Å²) in [5.41, 5.74) is 3.47. The zero-order chi connectivity index (χ0) is 16.5. The van der Waals surface area contributed by atoms with E-state index in [0.29, 0.717) is 0 Å². The van der Waals surface area contributed by atoms with Gasteiger partial charge in [-0.15, -0.1) is 0 Å². The highest BCUT2D eigenvalue weighted by Gasteiger charge is 2.22. The fourth-order valence-electron chi connectivity index (χ4n) is 3.19. The molecule has 3 heterocycles. The molecule has 122 valence electrons. The summed E-state index contributed by atoms with van der Waals surface area (Å²) in [4.78, 5) is 20.4. The van der Waals surface area contributed by atoms with E-state index in [9.17, 15) is 0 Å². The van der Waals surface area contributed by atoms with Crippen LogP contribution in [-0.4, -0.2) is 31.6 Å². The number of aromatic nitrogens is 5. The molecule has 0 aromatic carbocycles. The Morgan fingerprint density at radius 2 is 1.96 bits per heavy atom. The van der Waals surface area contributed by atoms with Crippen LogP contribution in [0.2, 0.25) is 0 Å². The molecule has 0 radical (unpaired) electrons. The van der Waals surface area contributed by atoms with Crippen LogP contribution in [-0.2, 0) is 26.4 Å². The van der Waals surface area contributed by atoms with Crippen molar-refractivity contribution in [1.29, 1.82) is 0 Å². The fraction of sp³-hybridized carbons (Fsp3) is 0.333. The minimum atomic E-state index is 0.725. The standard InChI is InChI=1S/C18H20N6/c1-23-11-10-20-16(23)12-24(2)18-14-4-3-5-15(14)21-17(22-18)13-6-8-19-9-7-13/h6-11H,3-5,12H2,1-2H3. The number of rotatable bonds is 4. The fourth-order valence-corrected chi connectivity index (χ4v) is 3.19. The Kier molecular flexibility index (Phi) is 3.72. The second kappa shape index (κ2) is 6.03. The Morgan fingerprint density at radius 3 is 2.71 bits per heavy atom. The lowest BCUT2D eigenvalue weighted by atomic mass is 10.2. The average molecular weight is 320 g/mol. The van der Waals surface area contributed by atoms with Crippen molar-refractivity contribution in [3.05, 3.63) is 54.0 Å². The van der Waals surface area contributed by atoms with Gasteiger partial charge in [0.2, 0.25) is 0 Å². The Hall–Kier alpha value is -2.76. The topological polar surface area (TPSA) is 59.7 Å². The number of aryl methyl sites for hydroxylation is 2. The van der Waals surface area contributed by atoms with E-state index in [4.69, 9.17) is 9.97 Å². The molecule has 1 aliphatic rings. The molecule has 24 heavy (non-hydrogen) atoms. The van der Waals surface area contributed by atoms with Crippen molar-refractivity contribution in [2.24, 2.45) is 7.05 Å². The first-order valence-electron chi connectivity index (χ1n) is 8.20. The van der Waals surface area contributed by atoms with Crippen LogP contribution in [0.3, 0.4) is 0 Å². The van der Waals surface area contributed by atoms with E-state index in [1.54, 1.807) is 12.4 Å². The van der Waals surface area contributed by atoms with Gasteiger partial charge in [-0.1, -0.05) is 0 Å². The van der Waals surface area contributed by atoms with E-state index in [0.717, 1.165) is 48.8 Å². The molecule has 0 fully saturated rings. The highest BCUT2D eigenvalue weighted by Crippen LogP contribution is 2.31. The molecule has 0 saturated heterocycles. The molecule has 0 amide bonds. The van der Waals surface area contributed by atoms with Gasteiger partial charge in [-0.25, -0.2) is 15.0 Å². The maximum absolute atomic E-state index is 4.87. The zero-order valence-electron chi connectivity index (χ0n) is 14.0. The summed E-state index contributed by atoms with van der Waals surface area (Å²) in [7, 11) is 4.09. The summed E-state index contributed by atoms with van der Waals surface area (Å²) >= 11 is 0. The number of hydrogen-bond acceptors (Lipinski definition) is 5. The number of nitrogens with zero attached hydrogens (tertiary/aromatic N) is 6. The van der Waals surface area contributed by atoms with Gasteiger partial charge in [-0.05, 0) is 31.4 Å². The van der Waals surface area contributed by atoms with Crippen LogP contribution in [0, 0.1) is 0 Å². The van der Waals surface area contributed by atoms with E-state index < -0.39 is 0 Å². The summed E-state index contributed by atoms with van der Waals surface area (Å²) in [5.74, 6) is 2.82. The molecule has 0 N–H and O–H groups in total. The second-order valence-corrected chi connectivity index (χ2v) is 6.20. The largest absolute Gasteiger partial charge is 0.352 e. The van der Waals surface area contributed by atoms with Gasteiger partial charge in [0, 0.05) is 55.7 Å². The number of imidazole rings is 1. The van der Waals surface area contributed by atoms with Crippen LogP contribution >= 0.6 is 0 Å². The first-order valence-corrected chi connectivity index (χ1v) is 8.20. The molecule has 0 unspecified atom stereocenters. The highest BCUT2D eigenvalue weighted by atomic mass is 15.2. The normalized spacial score (nSPS) is 13.1. The second-order valence-electron chi connectivity index (χ2n) is 6.20. The first-order chi connectivity index (χ1) is 11.7. The SMILES string of the molecule is CN(Cc1nccn1C)c1nc(-c2ccncc2)nc2c1CCC2. The van der Waals surface area contributed by atoms with Gasteiger partial charge in [0.25, 0.3) is 0 Å². The molecule has 6 heteroatoms. The monoisotopic (exact) mass is 320 g/mol. The third-order valence-electron chi connectivity index (χ3n) is 4.51. The van der Waals surface area contributed by atoms with Crippen LogP contribution < -0.4 is 4.90 Å². The van der Waals surface area contributed by atoms with Crippen LogP contribution in [0.25, 0.3) is 11.4 Å². The van der Waals surface area contributed by atoms with Gasteiger partial charge in [0.15, 0.2) is 5.82 Å². The van der Waals surface area contributed by atoms with Crippen molar-refractivity contribution in [2.45, 2.75) is 25.8 Å². The lowest BCUT2D eigenvalue weighted by Crippen LogP contribution is -2.22. The van der Waals surface area contributed by atoms with E-state index in [1.807, 2.05) is 36.1 Å². The number of pyridine rings is 1. The maximum Gasteiger partial charge on any atom is 0.161 e. The van der Waals surface area contributed by atoms with Crippen molar-refractivity contribution >= 4 is 5.82 Å². The minimum absolute atomic E-state index is 0.725. The quantitative estimate of drug-likeness (QED) is 0.739. The summed E-state index contributed by atoms with van der Waals surface area (Å²) in [6.45, 7) is 0.725. The summed E-state index contributed by atoms with van der Waals surface area (Å²) < 4.78 is 2.04. The van der Waals surface area contributed by atoms with Crippen molar-refractivity contribution in [1.82, 2.24) is 24.5 Å².